The third kappa shape index (κ3) is 3.59. The number of fused-ring (bicyclic) bond motifs is 1. The van der Waals surface area contributed by atoms with Gasteiger partial charge in [0.15, 0.2) is 0 Å². The lowest BCUT2D eigenvalue weighted by molar-refractivity contribution is 0.0707. The molecule has 2 aromatic rings. The van der Waals surface area contributed by atoms with E-state index in [9.17, 15) is 0 Å². The van der Waals surface area contributed by atoms with E-state index in [0.29, 0.717) is 5.92 Å². The number of imidazole rings is 1. The fourth-order valence-electron chi connectivity index (χ4n) is 3.16. The highest BCUT2D eigenvalue weighted by atomic mass is 32.1. The van der Waals surface area contributed by atoms with Gasteiger partial charge in [0.25, 0.3) is 0 Å². The number of aromatic nitrogens is 2. The maximum absolute atomic E-state index is 5.97. The zero-order valence-electron chi connectivity index (χ0n) is 12.9. The lowest BCUT2D eigenvalue weighted by atomic mass is 10.1. The zero-order chi connectivity index (χ0) is 14.8. The van der Waals surface area contributed by atoms with Crippen LogP contribution in [0.1, 0.15) is 23.5 Å². The molecule has 4 rings (SSSR count). The van der Waals surface area contributed by atoms with Gasteiger partial charge in [-0.25, -0.2) is 4.98 Å². The van der Waals surface area contributed by atoms with Crippen LogP contribution in [-0.2, 0) is 24.4 Å². The van der Waals surface area contributed by atoms with E-state index in [1.165, 1.54) is 23.5 Å². The third-order valence-corrected chi connectivity index (χ3v) is 5.36. The highest BCUT2D eigenvalue weighted by Gasteiger charge is 2.25. The minimum absolute atomic E-state index is 0.550. The lowest BCUT2D eigenvalue weighted by Crippen LogP contribution is -2.30. The monoisotopic (exact) mass is 317 g/mol. The Hall–Kier alpha value is -1.17. The molecule has 2 aromatic heterocycles. The molecule has 5 heteroatoms. The van der Waals surface area contributed by atoms with Crippen molar-refractivity contribution in [1.82, 2.24) is 14.5 Å². The second kappa shape index (κ2) is 6.52. The van der Waals surface area contributed by atoms with Crippen molar-refractivity contribution in [3.63, 3.8) is 0 Å². The summed E-state index contributed by atoms with van der Waals surface area (Å²) in [6.07, 6.45) is 6.76. The van der Waals surface area contributed by atoms with Crippen molar-refractivity contribution in [3.8, 4) is 0 Å². The molecule has 4 nitrogen and oxygen atoms in total. The lowest BCUT2D eigenvalue weighted by Gasteiger charge is -2.23. The second-order valence-corrected chi connectivity index (χ2v) is 7.62. The summed E-state index contributed by atoms with van der Waals surface area (Å²) in [6, 6.07) is 4.36. The van der Waals surface area contributed by atoms with Crippen LogP contribution in [0.4, 0.5) is 0 Å². The standard InChI is InChI=1S/C17H23N3OS/c1-2-16(22-7-1)10-19-8-15(13-21-12-14-3-4-14)9-20-6-5-18-17(20)11-19/h1-2,5-7,14-15H,3-4,8-13H2/t15-/m1/s1. The molecule has 0 amide bonds. The van der Waals surface area contributed by atoms with Gasteiger partial charge in [-0.1, -0.05) is 6.07 Å². The summed E-state index contributed by atoms with van der Waals surface area (Å²) in [6.45, 7) is 5.90. The van der Waals surface area contributed by atoms with Gasteiger partial charge in [0, 0.05) is 49.4 Å². The molecule has 1 aliphatic heterocycles. The summed E-state index contributed by atoms with van der Waals surface area (Å²) < 4.78 is 8.28. The number of nitrogens with zero attached hydrogens (tertiary/aromatic N) is 3. The first kappa shape index (κ1) is 14.4. The Morgan fingerprint density at radius 3 is 2.95 bits per heavy atom. The summed E-state index contributed by atoms with van der Waals surface area (Å²) >= 11 is 1.84. The molecule has 0 unspecified atom stereocenters. The van der Waals surface area contributed by atoms with Gasteiger partial charge in [-0.05, 0) is 30.2 Å². The first-order valence-corrected chi connectivity index (χ1v) is 9.07. The van der Waals surface area contributed by atoms with Gasteiger partial charge in [-0.2, -0.15) is 0 Å². The van der Waals surface area contributed by atoms with E-state index in [0.717, 1.165) is 45.3 Å². The number of hydrogen-bond acceptors (Lipinski definition) is 4. The Labute approximate surface area is 135 Å². The molecular weight excluding hydrogens is 294 g/mol. The summed E-state index contributed by atoms with van der Waals surface area (Å²) in [5.41, 5.74) is 0. The van der Waals surface area contributed by atoms with Crippen LogP contribution in [0.15, 0.2) is 29.9 Å². The Morgan fingerprint density at radius 1 is 1.23 bits per heavy atom. The molecule has 1 atom stereocenters. The molecule has 2 aliphatic rings. The van der Waals surface area contributed by atoms with Crippen molar-refractivity contribution in [3.05, 3.63) is 40.6 Å². The number of hydrogen-bond donors (Lipinski definition) is 0. The Morgan fingerprint density at radius 2 is 2.14 bits per heavy atom. The molecule has 0 aromatic carbocycles. The molecule has 1 aliphatic carbocycles. The van der Waals surface area contributed by atoms with Gasteiger partial charge in [-0.15, -0.1) is 11.3 Å². The van der Waals surface area contributed by atoms with Gasteiger partial charge in [-0.3, -0.25) is 4.90 Å². The van der Waals surface area contributed by atoms with Gasteiger partial charge < -0.3 is 9.30 Å². The van der Waals surface area contributed by atoms with Crippen molar-refractivity contribution in [2.45, 2.75) is 32.5 Å². The van der Waals surface area contributed by atoms with Crippen LogP contribution in [-0.4, -0.2) is 34.2 Å². The Balaban J connectivity index is 1.42. The normalized spacial score (nSPS) is 22.5. The van der Waals surface area contributed by atoms with E-state index in [2.05, 4.69) is 38.2 Å². The van der Waals surface area contributed by atoms with E-state index in [1.54, 1.807) is 0 Å². The molecule has 3 heterocycles. The predicted molar refractivity (Wildman–Crippen MR) is 87.7 cm³/mol. The molecule has 22 heavy (non-hydrogen) atoms. The maximum Gasteiger partial charge on any atom is 0.122 e. The highest BCUT2D eigenvalue weighted by molar-refractivity contribution is 7.09. The number of thiophene rings is 1. The second-order valence-electron chi connectivity index (χ2n) is 6.59. The van der Waals surface area contributed by atoms with Crippen molar-refractivity contribution in [2.75, 3.05) is 19.8 Å². The minimum atomic E-state index is 0.550. The van der Waals surface area contributed by atoms with E-state index in [-0.39, 0.29) is 0 Å². The first-order valence-electron chi connectivity index (χ1n) is 8.19. The zero-order valence-corrected chi connectivity index (χ0v) is 13.7. The average molecular weight is 317 g/mol. The van der Waals surface area contributed by atoms with Gasteiger partial charge in [0.1, 0.15) is 5.82 Å². The van der Waals surface area contributed by atoms with E-state index in [1.807, 2.05) is 17.5 Å². The average Bonchev–Trinajstić information content (AvgIpc) is 3.06. The quantitative estimate of drug-likeness (QED) is 0.820. The first-order chi connectivity index (χ1) is 10.9. The SMILES string of the molecule is c1csc(CN2Cc3nccn3C[C@H](COCC3CC3)C2)c1. The molecule has 118 valence electrons. The summed E-state index contributed by atoms with van der Waals surface area (Å²) in [7, 11) is 0. The van der Waals surface area contributed by atoms with Crippen LogP contribution in [0, 0.1) is 11.8 Å². The molecule has 0 N–H and O–H groups in total. The summed E-state index contributed by atoms with van der Waals surface area (Å²) in [5, 5.41) is 2.16. The van der Waals surface area contributed by atoms with Crippen molar-refractivity contribution in [2.24, 2.45) is 11.8 Å². The molecule has 0 bridgehead atoms. The number of rotatable bonds is 6. The molecule has 1 saturated carbocycles. The molecule has 0 radical (unpaired) electrons. The highest BCUT2D eigenvalue weighted by Crippen LogP contribution is 2.29. The van der Waals surface area contributed by atoms with Gasteiger partial charge >= 0.3 is 0 Å². The largest absolute Gasteiger partial charge is 0.381 e. The Bertz CT molecular complexity index is 591. The van der Waals surface area contributed by atoms with Crippen LogP contribution in [0.2, 0.25) is 0 Å². The molecule has 1 fully saturated rings. The van der Waals surface area contributed by atoms with Crippen LogP contribution in [0.5, 0.6) is 0 Å². The molecule has 0 spiro atoms. The smallest absolute Gasteiger partial charge is 0.122 e. The van der Waals surface area contributed by atoms with Crippen molar-refractivity contribution >= 4 is 11.3 Å². The van der Waals surface area contributed by atoms with E-state index < -0.39 is 0 Å². The fourth-order valence-corrected chi connectivity index (χ4v) is 3.90. The molecular formula is C17H23N3OS. The predicted octanol–water partition coefficient (Wildman–Crippen LogP) is 3.00. The van der Waals surface area contributed by atoms with Gasteiger partial charge in [0.2, 0.25) is 0 Å². The summed E-state index contributed by atoms with van der Waals surface area (Å²) in [5.74, 6) is 2.58. The maximum atomic E-state index is 5.97. The van der Waals surface area contributed by atoms with Gasteiger partial charge in [0.05, 0.1) is 13.2 Å². The Kier molecular flexibility index (Phi) is 4.28. The topological polar surface area (TPSA) is 30.3 Å². The van der Waals surface area contributed by atoms with Crippen LogP contribution in [0.3, 0.4) is 0 Å². The molecule has 0 saturated heterocycles. The summed E-state index contributed by atoms with van der Waals surface area (Å²) in [4.78, 5) is 8.48. The van der Waals surface area contributed by atoms with E-state index in [4.69, 9.17) is 4.74 Å². The van der Waals surface area contributed by atoms with Crippen molar-refractivity contribution in [1.29, 1.82) is 0 Å². The minimum Gasteiger partial charge on any atom is -0.381 e. The van der Waals surface area contributed by atoms with Crippen LogP contribution in [0.25, 0.3) is 0 Å². The third-order valence-electron chi connectivity index (χ3n) is 4.50. The van der Waals surface area contributed by atoms with E-state index >= 15 is 0 Å². The fraction of sp³-hybridized carbons (Fsp3) is 0.588. The number of ether oxygens (including phenoxy) is 1. The van der Waals surface area contributed by atoms with Crippen LogP contribution < -0.4 is 0 Å². The van der Waals surface area contributed by atoms with Crippen molar-refractivity contribution < 1.29 is 4.74 Å². The van der Waals surface area contributed by atoms with Crippen LogP contribution >= 0.6 is 11.3 Å².